The van der Waals surface area contributed by atoms with Crippen LogP contribution in [-0.2, 0) is 11.2 Å². The molecule has 1 aliphatic carbocycles. The van der Waals surface area contributed by atoms with Crippen LogP contribution >= 0.6 is 0 Å². The number of carbonyl (C=O) groups excluding carboxylic acids is 1. The molecule has 100 valence electrons. The molecule has 1 saturated carbocycles. The van der Waals surface area contributed by atoms with E-state index in [1.165, 1.54) is 38.3 Å². The van der Waals surface area contributed by atoms with Crippen molar-refractivity contribution in [2.24, 2.45) is 0 Å². The number of nitrogens with one attached hydrogen (secondary N) is 2. The van der Waals surface area contributed by atoms with Gasteiger partial charge in [0.15, 0.2) is 12.2 Å². The van der Waals surface area contributed by atoms with Crippen molar-refractivity contribution in [3.63, 3.8) is 0 Å². The van der Waals surface area contributed by atoms with Crippen molar-refractivity contribution in [1.29, 1.82) is 0 Å². The van der Waals surface area contributed by atoms with Crippen LogP contribution in [0, 0.1) is 0 Å². The molecule has 0 aromatic carbocycles. The minimum atomic E-state index is -0.152. The molecule has 0 saturated heterocycles. The second-order valence-corrected chi connectivity index (χ2v) is 4.88. The molecular formula is C13H16N4O2. The molecule has 2 N–H and O–H groups in total. The Bertz CT molecular complexity index is 541. The predicted octanol–water partition coefficient (Wildman–Crippen LogP) is 2.24. The molecule has 0 unspecified atom stereocenters. The average molecular weight is 260 g/mol. The van der Waals surface area contributed by atoms with Gasteiger partial charge in [0.1, 0.15) is 5.76 Å². The minimum Gasteiger partial charge on any atom is -0.448 e. The van der Waals surface area contributed by atoms with Crippen molar-refractivity contribution in [2.45, 2.75) is 38.0 Å². The molecule has 6 nitrogen and oxygen atoms in total. The normalized spacial score (nSPS) is 15.8. The Balaban J connectivity index is 1.59. The second kappa shape index (κ2) is 5.26. The number of carbonyl (C=O) groups is 1. The highest BCUT2D eigenvalue weighted by Crippen LogP contribution is 2.33. The highest BCUT2D eigenvalue weighted by Gasteiger charge is 2.19. The average Bonchev–Trinajstić information content (AvgIpc) is 3.09. The molecule has 19 heavy (non-hydrogen) atoms. The van der Waals surface area contributed by atoms with Gasteiger partial charge in [-0.25, -0.2) is 4.98 Å². The van der Waals surface area contributed by atoms with E-state index in [0.29, 0.717) is 17.5 Å². The first-order chi connectivity index (χ1) is 9.31. The first kappa shape index (κ1) is 12.0. The molecule has 2 aromatic heterocycles. The third kappa shape index (κ3) is 2.83. The zero-order valence-electron chi connectivity index (χ0n) is 10.6. The Kier molecular flexibility index (Phi) is 3.31. The molecule has 0 bridgehead atoms. The summed E-state index contributed by atoms with van der Waals surface area (Å²) < 4.78 is 5.03. The Labute approximate surface area is 110 Å². The van der Waals surface area contributed by atoms with Crippen LogP contribution in [0.2, 0.25) is 0 Å². The van der Waals surface area contributed by atoms with Crippen LogP contribution in [0.1, 0.15) is 43.1 Å². The first-order valence-corrected chi connectivity index (χ1v) is 6.54. The van der Waals surface area contributed by atoms with Gasteiger partial charge >= 0.3 is 0 Å². The lowest BCUT2D eigenvalue weighted by Crippen LogP contribution is -2.14. The maximum absolute atomic E-state index is 11.8. The number of H-pyrrole nitrogens is 1. The molecule has 2 heterocycles. The maximum atomic E-state index is 11.8. The fourth-order valence-electron chi connectivity index (χ4n) is 2.52. The van der Waals surface area contributed by atoms with Gasteiger partial charge < -0.3 is 9.73 Å². The maximum Gasteiger partial charge on any atom is 0.233 e. The summed E-state index contributed by atoms with van der Waals surface area (Å²) in [7, 11) is 0. The van der Waals surface area contributed by atoms with Crippen LogP contribution in [0.25, 0.3) is 0 Å². The van der Waals surface area contributed by atoms with E-state index in [2.05, 4.69) is 20.5 Å². The van der Waals surface area contributed by atoms with Crippen molar-refractivity contribution in [3.8, 4) is 0 Å². The van der Waals surface area contributed by atoms with E-state index in [-0.39, 0.29) is 12.3 Å². The Hall–Kier alpha value is -2.11. The van der Waals surface area contributed by atoms with Gasteiger partial charge in [-0.2, -0.15) is 5.10 Å². The van der Waals surface area contributed by atoms with E-state index in [9.17, 15) is 4.79 Å². The largest absolute Gasteiger partial charge is 0.448 e. The van der Waals surface area contributed by atoms with Crippen LogP contribution in [0.3, 0.4) is 0 Å². The summed E-state index contributed by atoms with van der Waals surface area (Å²) >= 11 is 0. The lowest BCUT2D eigenvalue weighted by molar-refractivity contribution is -0.115. The monoisotopic (exact) mass is 260 g/mol. The summed E-state index contributed by atoms with van der Waals surface area (Å²) in [5, 5.41) is 9.89. The Morgan fingerprint density at radius 1 is 1.47 bits per heavy atom. The van der Waals surface area contributed by atoms with Crippen LogP contribution in [-0.4, -0.2) is 21.1 Å². The predicted molar refractivity (Wildman–Crippen MR) is 68.6 cm³/mol. The van der Waals surface area contributed by atoms with Crippen LogP contribution in [0.5, 0.6) is 0 Å². The number of oxazole rings is 1. The van der Waals surface area contributed by atoms with Crippen LogP contribution in [0.15, 0.2) is 23.1 Å². The number of hydrogen-bond donors (Lipinski definition) is 2. The lowest BCUT2D eigenvalue weighted by Gasteiger charge is -2.03. The smallest absolute Gasteiger partial charge is 0.233 e. The van der Waals surface area contributed by atoms with Gasteiger partial charge in [-0.1, -0.05) is 12.8 Å². The molecule has 0 atom stereocenters. The van der Waals surface area contributed by atoms with Crippen molar-refractivity contribution < 1.29 is 9.21 Å². The van der Waals surface area contributed by atoms with Crippen LogP contribution < -0.4 is 5.32 Å². The van der Waals surface area contributed by atoms with Crippen molar-refractivity contribution in [3.05, 3.63) is 30.1 Å². The summed E-state index contributed by atoms with van der Waals surface area (Å²) in [4.78, 5) is 15.5. The molecule has 3 rings (SSSR count). The molecule has 2 aromatic rings. The van der Waals surface area contributed by atoms with Gasteiger partial charge in [0.05, 0.1) is 12.6 Å². The fourth-order valence-corrected chi connectivity index (χ4v) is 2.52. The number of aromatic nitrogens is 3. The van der Waals surface area contributed by atoms with Crippen LogP contribution in [0.4, 0.5) is 5.82 Å². The topological polar surface area (TPSA) is 83.8 Å². The Morgan fingerprint density at radius 3 is 3.05 bits per heavy atom. The van der Waals surface area contributed by atoms with Crippen molar-refractivity contribution in [1.82, 2.24) is 15.2 Å². The van der Waals surface area contributed by atoms with Crippen molar-refractivity contribution in [2.75, 3.05) is 5.32 Å². The van der Waals surface area contributed by atoms with Gasteiger partial charge in [-0.05, 0) is 12.8 Å². The summed E-state index contributed by atoms with van der Waals surface area (Å²) in [6.45, 7) is 0. The third-order valence-electron chi connectivity index (χ3n) is 3.48. The first-order valence-electron chi connectivity index (χ1n) is 6.54. The van der Waals surface area contributed by atoms with E-state index in [1.54, 1.807) is 0 Å². The van der Waals surface area contributed by atoms with E-state index in [4.69, 9.17) is 4.42 Å². The second-order valence-electron chi connectivity index (χ2n) is 4.88. The molecule has 0 spiro atoms. The van der Waals surface area contributed by atoms with Gasteiger partial charge in [0.2, 0.25) is 5.91 Å². The van der Waals surface area contributed by atoms with E-state index in [1.807, 2.05) is 6.07 Å². The van der Waals surface area contributed by atoms with Gasteiger partial charge in [-0.3, -0.25) is 9.89 Å². The zero-order chi connectivity index (χ0) is 13.1. The SMILES string of the molecule is O=C(Cc1cnco1)Nc1cc(C2CCCC2)[nH]n1. The Morgan fingerprint density at radius 2 is 2.32 bits per heavy atom. The summed E-state index contributed by atoms with van der Waals surface area (Å²) in [5.41, 5.74) is 1.12. The summed E-state index contributed by atoms with van der Waals surface area (Å²) in [6.07, 6.45) is 7.98. The standard InChI is InChI=1S/C13H16N4O2/c18-13(5-10-7-14-8-19-10)15-12-6-11(16-17-12)9-3-1-2-4-9/h6-9H,1-5H2,(H2,15,16,17,18). The number of amides is 1. The molecule has 1 fully saturated rings. The number of anilines is 1. The van der Waals surface area contributed by atoms with E-state index < -0.39 is 0 Å². The number of nitrogens with zero attached hydrogens (tertiary/aromatic N) is 2. The molecule has 0 radical (unpaired) electrons. The number of hydrogen-bond acceptors (Lipinski definition) is 4. The summed E-state index contributed by atoms with van der Waals surface area (Å²) in [6, 6.07) is 1.92. The summed E-state index contributed by atoms with van der Waals surface area (Å²) in [5.74, 6) is 1.53. The van der Waals surface area contributed by atoms with E-state index in [0.717, 1.165) is 5.69 Å². The van der Waals surface area contributed by atoms with Gasteiger partial charge in [0.25, 0.3) is 0 Å². The third-order valence-corrected chi connectivity index (χ3v) is 3.48. The molecule has 6 heteroatoms. The zero-order valence-corrected chi connectivity index (χ0v) is 10.6. The highest BCUT2D eigenvalue weighted by molar-refractivity contribution is 5.90. The van der Waals surface area contributed by atoms with Gasteiger partial charge in [-0.15, -0.1) is 0 Å². The fraction of sp³-hybridized carbons (Fsp3) is 0.462. The van der Waals surface area contributed by atoms with Crippen molar-refractivity contribution >= 4 is 11.7 Å². The lowest BCUT2D eigenvalue weighted by atomic mass is 10.0. The quantitative estimate of drug-likeness (QED) is 0.883. The molecule has 1 amide bonds. The highest BCUT2D eigenvalue weighted by atomic mass is 16.3. The molecule has 1 aliphatic rings. The number of aromatic amines is 1. The number of rotatable bonds is 4. The van der Waals surface area contributed by atoms with Gasteiger partial charge in [0, 0.05) is 17.7 Å². The minimum absolute atomic E-state index is 0.152. The van der Waals surface area contributed by atoms with E-state index >= 15 is 0 Å². The molecular weight excluding hydrogens is 244 g/mol. The molecule has 0 aliphatic heterocycles.